The van der Waals surface area contributed by atoms with E-state index in [1.807, 2.05) is 36.4 Å². The maximum atomic E-state index is 12.0. The molecule has 0 atom stereocenters. The summed E-state index contributed by atoms with van der Waals surface area (Å²) in [6.07, 6.45) is 17.1. The summed E-state index contributed by atoms with van der Waals surface area (Å²) < 4.78 is 11.2. The van der Waals surface area contributed by atoms with Crippen LogP contribution in [0.5, 0.6) is 5.75 Å². The molecule has 0 N–H and O–H groups in total. The Kier molecular flexibility index (Phi) is 12.5. The average molecular weight is 508 g/mol. The summed E-state index contributed by atoms with van der Waals surface area (Å²) in [5.41, 5.74) is 4.19. The Labute approximate surface area is 227 Å². The highest BCUT2D eigenvalue weighted by Gasteiger charge is 2.06. The molecule has 0 unspecified atom stereocenters. The van der Waals surface area contributed by atoms with Crippen LogP contribution in [-0.2, 0) is 4.74 Å². The lowest BCUT2D eigenvalue weighted by Crippen LogP contribution is -2.06. The molecule has 0 aromatic heterocycles. The molecule has 0 heterocycles. The number of carbonyl (C=O) groups is 1. The number of hydrogen-bond acceptors (Lipinski definition) is 4. The molecule has 0 saturated heterocycles. The van der Waals surface area contributed by atoms with Gasteiger partial charge in [0.2, 0.25) is 0 Å². The highest BCUT2D eigenvalue weighted by molar-refractivity contribution is 5.89. The van der Waals surface area contributed by atoms with Crippen molar-refractivity contribution in [1.82, 2.24) is 0 Å². The quantitative estimate of drug-likeness (QED) is 0.111. The van der Waals surface area contributed by atoms with E-state index in [0.29, 0.717) is 17.7 Å². The van der Waals surface area contributed by atoms with E-state index >= 15 is 0 Å². The number of benzene rings is 3. The highest BCUT2D eigenvalue weighted by Crippen LogP contribution is 2.23. The molecule has 3 aromatic carbocycles. The lowest BCUT2D eigenvalue weighted by atomic mass is 10.0. The van der Waals surface area contributed by atoms with Gasteiger partial charge in [-0.1, -0.05) is 81.6 Å². The minimum Gasteiger partial charge on any atom is -0.494 e. The second-order valence-electron chi connectivity index (χ2n) is 9.46. The fourth-order valence-electron chi connectivity index (χ4n) is 4.24. The van der Waals surface area contributed by atoms with E-state index in [1.165, 1.54) is 44.9 Å². The second-order valence-corrected chi connectivity index (χ2v) is 9.46. The van der Waals surface area contributed by atoms with E-state index < -0.39 is 0 Å². The summed E-state index contributed by atoms with van der Waals surface area (Å²) >= 11 is 0. The van der Waals surface area contributed by atoms with Crippen LogP contribution in [0.1, 0.15) is 85.7 Å². The second kappa shape index (κ2) is 16.7. The molecule has 0 bridgehead atoms. The third-order valence-corrected chi connectivity index (χ3v) is 6.53. The summed E-state index contributed by atoms with van der Waals surface area (Å²) in [7, 11) is 0. The molecule has 3 rings (SSSR count). The topological polar surface area (TPSA) is 59.3 Å². The van der Waals surface area contributed by atoms with Gasteiger partial charge in [0.1, 0.15) is 5.75 Å². The number of rotatable bonds is 16. The summed E-state index contributed by atoms with van der Waals surface area (Å²) in [5, 5.41) is 8.92. The Hall–Kier alpha value is -4.02. The molecule has 0 spiro atoms. The zero-order valence-electron chi connectivity index (χ0n) is 22.2. The molecule has 196 valence electrons. The third-order valence-electron chi connectivity index (χ3n) is 6.53. The number of unbranched alkanes of at least 4 members (excludes halogenated alkanes) is 9. The summed E-state index contributed by atoms with van der Waals surface area (Å²) in [6.45, 7) is 1.22. The number of hydrogen-bond donors (Lipinski definition) is 0. The van der Waals surface area contributed by atoms with Crippen molar-refractivity contribution < 1.29 is 14.3 Å². The van der Waals surface area contributed by atoms with Gasteiger partial charge in [-0.3, -0.25) is 0 Å². The van der Waals surface area contributed by atoms with Gasteiger partial charge in [0.25, 0.3) is 0 Å². The van der Waals surface area contributed by atoms with E-state index in [4.69, 9.17) is 21.2 Å². The molecule has 3 aromatic rings. The Bertz CT molecular complexity index is 1180. The largest absolute Gasteiger partial charge is 0.494 e. The van der Waals surface area contributed by atoms with Gasteiger partial charge in [0, 0.05) is 5.56 Å². The Balaban J connectivity index is 1.12. The minimum absolute atomic E-state index is 0.281. The van der Waals surface area contributed by atoms with Crippen molar-refractivity contribution in [3.05, 3.63) is 89.5 Å². The van der Waals surface area contributed by atoms with Gasteiger partial charge < -0.3 is 9.47 Å². The van der Waals surface area contributed by atoms with Gasteiger partial charge in [-0.15, -0.1) is 6.42 Å². The van der Waals surface area contributed by atoms with Crippen LogP contribution < -0.4 is 4.74 Å². The van der Waals surface area contributed by atoms with E-state index in [0.717, 1.165) is 48.3 Å². The van der Waals surface area contributed by atoms with E-state index in [-0.39, 0.29) is 5.97 Å². The maximum absolute atomic E-state index is 12.0. The SMILES string of the molecule is C#Cc1ccc(C(=O)OCCCCCCCCCCCCOc2ccc(-c3ccc(C#N)cc3)cc2)cc1. The van der Waals surface area contributed by atoms with Crippen molar-refractivity contribution in [3.63, 3.8) is 0 Å². The first kappa shape index (κ1) is 28.5. The number of nitrogens with zero attached hydrogens (tertiary/aromatic N) is 1. The van der Waals surface area contributed by atoms with Gasteiger partial charge >= 0.3 is 5.97 Å². The number of terminal acetylenes is 1. The molecular formula is C34H37NO3. The predicted molar refractivity (Wildman–Crippen MR) is 153 cm³/mol. The molecule has 4 heteroatoms. The Morgan fingerprint density at radius 1 is 0.632 bits per heavy atom. The van der Waals surface area contributed by atoms with E-state index in [1.54, 1.807) is 24.3 Å². The smallest absolute Gasteiger partial charge is 0.338 e. The van der Waals surface area contributed by atoms with Crippen LogP contribution in [0.2, 0.25) is 0 Å². The van der Waals surface area contributed by atoms with Gasteiger partial charge in [-0.05, 0) is 72.5 Å². The van der Waals surface area contributed by atoms with Crippen LogP contribution in [0.3, 0.4) is 0 Å². The van der Waals surface area contributed by atoms with Gasteiger partial charge in [-0.25, -0.2) is 4.79 Å². The highest BCUT2D eigenvalue weighted by atomic mass is 16.5. The van der Waals surface area contributed by atoms with Crippen LogP contribution in [0.25, 0.3) is 11.1 Å². The van der Waals surface area contributed by atoms with Crippen molar-refractivity contribution in [1.29, 1.82) is 5.26 Å². The van der Waals surface area contributed by atoms with Crippen LogP contribution in [0.4, 0.5) is 0 Å². The first-order valence-electron chi connectivity index (χ1n) is 13.7. The summed E-state index contributed by atoms with van der Waals surface area (Å²) in [6, 6.07) is 24.8. The first-order valence-corrected chi connectivity index (χ1v) is 13.7. The predicted octanol–water partition coefficient (Wildman–Crippen LogP) is 8.34. The standard InChI is InChI=1S/C34H37NO3/c1-2-28-13-19-32(20-14-28)34(36)38-26-12-10-8-6-4-3-5-7-9-11-25-37-33-23-21-31(22-24-33)30-17-15-29(27-35)16-18-30/h1,13-24H,3-12,25-26H2. The van der Waals surface area contributed by atoms with Crippen molar-refractivity contribution >= 4 is 5.97 Å². The molecule has 4 nitrogen and oxygen atoms in total. The monoisotopic (exact) mass is 507 g/mol. The molecule has 0 amide bonds. The molecule has 0 aliphatic rings. The zero-order chi connectivity index (χ0) is 26.8. The molecule has 0 saturated carbocycles. The number of ether oxygens (including phenoxy) is 2. The zero-order valence-corrected chi connectivity index (χ0v) is 22.2. The molecule has 0 radical (unpaired) electrons. The summed E-state index contributed by atoms with van der Waals surface area (Å²) in [4.78, 5) is 12.0. The van der Waals surface area contributed by atoms with Crippen molar-refractivity contribution in [2.75, 3.05) is 13.2 Å². The lowest BCUT2D eigenvalue weighted by Gasteiger charge is -2.08. The molecule has 38 heavy (non-hydrogen) atoms. The third kappa shape index (κ3) is 10.2. The van der Waals surface area contributed by atoms with Gasteiger partial charge in [-0.2, -0.15) is 5.26 Å². The van der Waals surface area contributed by atoms with Gasteiger partial charge in [0.15, 0.2) is 0 Å². The Morgan fingerprint density at radius 2 is 1.11 bits per heavy atom. The van der Waals surface area contributed by atoms with Crippen molar-refractivity contribution in [3.8, 4) is 35.3 Å². The number of carbonyl (C=O) groups excluding carboxylic acids is 1. The van der Waals surface area contributed by atoms with E-state index in [2.05, 4.69) is 24.1 Å². The summed E-state index contributed by atoms with van der Waals surface area (Å²) in [5.74, 6) is 3.16. The maximum Gasteiger partial charge on any atom is 0.338 e. The Morgan fingerprint density at radius 3 is 1.63 bits per heavy atom. The number of nitriles is 1. The fourth-order valence-corrected chi connectivity index (χ4v) is 4.24. The molecular weight excluding hydrogens is 470 g/mol. The molecule has 0 fully saturated rings. The normalized spacial score (nSPS) is 10.4. The van der Waals surface area contributed by atoms with Crippen LogP contribution >= 0.6 is 0 Å². The van der Waals surface area contributed by atoms with Crippen LogP contribution in [-0.4, -0.2) is 19.2 Å². The van der Waals surface area contributed by atoms with E-state index in [9.17, 15) is 4.79 Å². The average Bonchev–Trinajstić information content (AvgIpc) is 2.97. The first-order chi connectivity index (χ1) is 18.7. The number of esters is 1. The van der Waals surface area contributed by atoms with Crippen LogP contribution in [0, 0.1) is 23.7 Å². The van der Waals surface area contributed by atoms with Crippen molar-refractivity contribution in [2.45, 2.75) is 64.2 Å². The molecule has 0 aliphatic carbocycles. The lowest BCUT2D eigenvalue weighted by molar-refractivity contribution is 0.0497. The van der Waals surface area contributed by atoms with Crippen LogP contribution in [0.15, 0.2) is 72.8 Å². The van der Waals surface area contributed by atoms with Crippen molar-refractivity contribution in [2.24, 2.45) is 0 Å². The minimum atomic E-state index is -0.281. The van der Waals surface area contributed by atoms with Gasteiger partial charge in [0.05, 0.1) is 30.4 Å². The molecule has 0 aliphatic heterocycles. The fraction of sp³-hybridized carbons (Fsp3) is 0.353.